The fourth-order valence-electron chi connectivity index (χ4n) is 3.02. The predicted octanol–water partition coefficient (Wildman–Crippen LogP) is 4.38. The third-order valence-corrected chi connectivity index (χ3v) is 5.36. The third-order valence-electron chi connectivity index (χ3n) is 5.36. The Balaban J connectivity index is 0. The largest absolute Gasteiger partial charge is 0.461 e. The molecule has 0 aliphatic rings. The number of hydrogen-bond acceptors (Lipinski definition) is 8. The molecule has 2 aromatic rings. The lowest BCUT2D eigenvalue weighted by molar-refractivity contribution is 0.0457. The van der Waals surface area contributed by atoms with Crippen LogP contribution in [-0.4, -0.2) is 74.2 Å². The monoisotopic (exact) mass is 544 g/mol. The Morgan fingerprint density at radius 1 is 0.611 bits per heavy atom. The van der Waals surface area contributed by atoms with Crippen molar-refractivity contribution in [2.75, 3.05) is 63.9 Å². The maximum Gasteiger partial charge on any atom is 0.338 e. The molecule has 10 heteroatoms. The molecule has 2 rings (SSSR count). The van der Waals surface area contributed by atoms with Gasteiger partial charge in [-0.2, -0.15) is 0 Å². The number of esters is 2. The van der Waals surface area contributed by atoms with E-state index in [1.54, 1.807) is 48.5 Å². The summed E-state index contributed by atoms with van der Waals surface area (Å²) in [7, 11) is 0. The van der Waals surface area contributed by atoms with Crippen LogP contribution in [0.2, 0.25) is 0 Å². The number of nitrogens with zero attached hydrogens (tertiary/aromatic N) is 2. The average molecular weight is 546 g/mol. The maximum atomic E-state index is 11.6. The quantitative estimate of drug-likeness (QED) is 0.299. The number of hydrogen-bond donors (Lipinski definition) is 2. The van der Waals surface area contributed by atoms with Crippen molar-refractivity contribution in [1.29, 1.82) is 0 Å². The first-order chi connectivity index (χ1) is 16.3. The van der Waals surface area contributed by atoms with Crippen LogP contribution in [0.5, 0.6) is 0 Å². The van der Waals surface area contributed by atoms with Gasteiger partial charge < -0.3 is 30.7 Å². The summed E-state index contributed by atoms with van der Waals surface area (Å²) >= 11 is 0. The summed E-state index contributed by atoms with van der Waals surface area (Å²) in [6.07, 6.45) is 0. The van der Waals surface area contributed by atoms with E-state index in [1.165, 1.54) is 0 Å². The molecule has 0 saturated heterocycles. The van der Waals surface area contributed by atoms with Crippen molar-refractivity contribution >= 4 is 48.1 Å². The molecule has 0 aliphatic heterocycles. The van der Waals surface area contributed by atoms with Gasteiger partial charge in [0.05, 0.1) is 11.1 Å². The van der Waals surface area contributed by atoms with Crippen LogP contribution in [0.25, 0.3) is 0 Å². The molecule has 0 aromatic heterocycles. The van der Waals surface area contributed by atoms with Crippen LogP contribution in [0.15, 0.2) is 48.5 Å². The van der Waals surface area contributed by atoms with E-state index in [1.807, 2.05) is 0 Å². The number of anilines is 2. The van der Waals surface area contributed by atoms with E-state index in [0.29, 0.717) is 35.7 Å². The molecule has 4 N–H and O–H groups in total. The second-order valence-corrected chi connectivity index (χ2v) is 7.57. The van der Waals surface area contributed by atoms with Gasteiger partial charge in [0.15, 0.2) is 0 Å². The molecule has 0 radical (unpaired) electrons. The Kier molecular flexibility index (Phi) is 20.4. The van der Waals surface area contributed by atoms with E-state index in [-0.39, 0.29) is 36.8 Å². The fourth-order valence-corrected chi connectivity index (χ4v) is 3.02. The van der Waals surface area contributed by atoms with Gasteiger partial charge in [0.2, 0.25) is 0 Å². The lowest BCUT2D eigenvalue weighted by atomic mass is 10.2. The van der Waals surface area contributed by atoms with Crippen LogP contribution in [0.3, 0.4) is 0 Å². The SMILES string of the molecule is CCN(CC)CCOC(=O)c1ccc(N)cc1.CCN(CC)CCOC(=O)c1ccc(N)cc1.Cl.Cl. The van der Waals surface area contributed by atoms with Crippen molar-refractivity contribution in [3.8, 4) is 0 Å². The summed E-state index contributed by atoms with van der Waals surface area (Å²) in [5.74, 6) is -0.589. The van der Waals surface area contributed by atoms with Gasteiger partial charge in [-0.15, -0.1) is 24.8 Å². The van der Waals surface area contributed by atoms with Crippen LogP contribution in [0, 0.1) is 0 Å². The van der Waals surface area contributed by atoms with Crippen molar-refractivity contribution in [1.82, 2.24) is 9.80 Å². The van der Waals surface area contributed by atoms with Crippen LogP contribution in [-0.2, 0) is 9.47 Å². The smallest absolute Gasteiger partial charge is 0.338 e. The van der Waals surface area contributed by atoms with Crippen LogP contribution in [0.1, 0.15) is 48.4 Å². The first-order valence-electron chi connectivity index (χ1n) is 11.8. The van der Waals surface area contributed by atoms with Gasteiger partial charge in [-0.25, -0.2) is 9.59 Å². The second kappa shape index (κ2) is 20.7. The molecule has 0 amide bonds. The average Bonchev–Trinajstić information content (AvgIpc) is 2.85. The van der Waals surface area contributed by atoms with Crippen LogP contribution >= 0.6 is 24.8 Å². The number of ether oxygens (including phenoxy) is 2. The van der Waals surface area contributed by atoms with Gasteiger partial charge in [0.1, 0.15) is 13.2 Å². The highest BCUT2D eigenvalue weighted by atomic mass is 35.5. The summed E-state index contributed by atoms with van der Waals surface area (Å²) in [5.41, 5.74) is 13.5. The normalized spacial score (nSPS) is 9.94. The van der Waals surface area contributed by atoms with E-state index in [0.717, 1.165) is 39.3 Å². The molecule has 204 valence electrons. The number of likely N-dealkylation sites (N-methyl/N-ethyl adjacent to an activating group) is 2. The number of halogens is 2. The summed E-state index contributed by atoms with van der Waals surface area (Å²) in [5, 5.41) is 0. The summed E-state index contributed by atoms with van der Waals surface area (Å²) < 4.78 is 10.4. The topological polar surface area (TPSA) is 111 Å². The van der Waals surface area contributed by atoms with Gasteiger partial charge >= 0.3 is 11.9 Å². The summed E-state index contributed by atoms with van der Waals surface area (Å²) in [6.45, 7) is 14.6. The number of nitrogen functional groups attached to an aromatic ring is 2. The van der Waals surface area contributed by atoms with Gasteiger partial charge in [-0.05, 0) is 74.7 Å². The van der Waals surface area contributed by atoms with Crippen LogP contribution < -0.4 is 11.5 Å². The number of benzene rings is 2. The Hall–Kier alpha value is -2.52. The molecule has 0 saturated carbocycles. The molecular formula is C26H42Cl2N4O4. The molecule has 0 fully saturated rings. The molecule has 36 heavy (non-hydrogen) atoms. The molecule has 0 atom stereocenters. The first kappa shape index (κ1) is 35.6. The molecular weight excluding hydrogens is 503 g/mol. The molecule has 0 heterocycles. The maximum absolute atomic E-state index is 11.6. The van der Waals surface area contributed by atoms with Crippen molar-refractivity contribution in [2.45, 2.75) is 27.7 Å². The number of carbonyl (C=O) groups excluding carboxylic acids is 2. The van der Waals surface area contributed by atoms with Gasteiger partial charge in [0, 0.05) is 24.5 Å². The van der Waals surface area contributed by atoms with Crippen molar-refractivity contribution in [3.63, 3.8) is 0 Å². The van der Waals surface area contributed by atoms with Crippen molar-refractivity contribution in [3.05, 3.63) is 59.7 Å². The Bertz CT molecular complexity index is 773. The minimum atomic E-state index is -0.294. The lowest BCUT2D eigenvalue weighted by Gasteiger charge is -2.17. The molecule has 0 unspecified atom stereocenters. The van der Waals surface area contributed by atoms with E-state index in [9.17, 15) is 9.59 Å². The Morgan fingerprint density at radius 3 is 1.14 bits per heavy atom. The predicted molar refractivity (Wildman–Crippen MR) is 152 cm³/mol. The second-order valence-electron chi connectivity index (χ2n) is 7.57. The number of nitrogens with two attached hydrogens (primary N) is 2. The highest BCUT2D eigenvalue weighted by molar-refractivity contribution is 5.90. The van der Waals surface area contributed by atoms with E-state index >= 15 is 0 Å². The highest BCUT2D eigenvalue weighted by Gasteiger charge is 2.08. The molecule has 0 bridgehead atoms. The summed E-state index contributed by atoms with van der Waals surface area (Å²) in [4.78, 5) is 27.7. The zero-order valence-corrected chi connectivity index (χ0v) is 23.4. The minimum Gasteiger partial charge on any atom is -0.461 e. The van der Waals surface area contributed by atoms with Gasteiger partial charge in [-0.3, -0.25) is 0 Å². The highest BCUT2D eigenvalue weighted by Crippen LogP contribution is 2.07. The zero-order valence-electron chi connectivity index (χ0n) is 21.8. The van der Waals surface area contributed by atoms with Crippen molar-refractivity contribution < 1.29 is 19.1 Å². The van der Waals surface area contributed by atoms with E-state index < -0.39 is 0 Å². The third kappa shape index (κ3) is 14.1. The van der Waals surface area contributed by atoms with E-state index in [2.05, 4.69) is 37.5 Å². The fraction of sp³-hybridized carbons (Fsp3) is 0.462. The van der Waals surface area contributed by atoms with E-state index in [4.69, 9.17) is 20.9 Å². The standard InChI is InChI=1S/2C13H20N2O2.2ClH/c2*1-3-15(4-2)9-10-17-13(16)11-5-7-12(14)8-6-11;;/h2*5-8H,3-4,9-10,14H2,1-2H3;2*1H. The number of carbonyl (C=O) groups is 2. The zero-order chi connectivity index (χ0) is 25.3. The van der Waals surface area contributed by atoms with Crippen molar-refractivity contribution in [2.24, 2.45) is 0 Å². The van der Waals surface area contributed by atoms with Crippen LogP contribution in [0.4, 0.5) is 11.4 Å². The number of rotatable bonds is 12. The van der Waals surface area contributed by atoms with Gasteiger partial charge in [-0.1, -0.05) is 27.7 Å². The van der Waals surface area contributed by atoms with Gasteiger partial charge in [0.25, 0.3) is 0 Å². The molecule has 8 nitrogen and oxygen atoms in total. The lowest BCUT2D eigenvalue weighted by Crippen LogP contribution is -2.27. The Labute approximate surface area is 228 Å². The minimum absolute atomic E-state index is 0. The Morgan fingerprint density at radius 2 is 0.889 bits per heavy atom. The first-order valence-corrected chi connectivity index (χ1v) is 11.8. The molecule has 2 aromatic carbocycles. The molecule has 0 spiro atoms. The summed E-state index contributed by atoms with van der Waals surface area (Å²) in [6, 6.07) is 13.5. The molecule has 0 aliphatic carbocycles.